The summed E-state index contributed by atoms with van der Waals surface area (Å²) in [5, 5.41) is 13.1. The van der Waals surface area contributed by atoms with Crippen molar-refractivity contribution in [3.05, 3.63) is 83.6 Å². The van der Waals surface area contributed by atoms with Gasteiger partial charge in [0, 0.05) is 22.1 Å². The molecule has 0 saturated heterocycles. The monoisotopic (exact) mass is 771 g/mol. The van der Waals surface area contributed by atoms with Gasteiger partial charge in [0.05, 0.1) is 26.1 Å². The molecule has 23 heteroatoms. The van der Waals surface area contributed by atoms with Crippen LogP contribution in [0.1, 0.15) is 5.56 Å². The fraction of sp³-hybridized carbons (Fsp3) is 0.0385. The number of anilines is 4. The van der Waals surface area contributed by atoms with Gasteiger partial charge in [-0.1, -0.05) is 12.1 Å². The quantitative estimate of drug-likeness (QED) is 0.0815. The normalized spacial score (nSPS) is 11.7. The first kappa shape index (κ1) is 43.5. The van der Waals surface area contributed by atoms with Gasteiger partial charge in [0.1, 0.15) is 30.4 Å². The van der Waals surface area contributed by atoms with Gasteiger partial charge in [0.25, 0.3) is 0 Å². The molecule has 0 aliphatic carbocycles. The Morgan fingerprint density at radius 3 is 1.76 bits per heavy atom. The molecular weight excluding hydrogens is 755 g/mol. The topological polar surface area (TPSA) is 259 Å². The van der Waals surface area contributed by atoms with Crippen LogP contribution in [-0.2, 0) is 30.4 Å². The van der Waals surface area contributed by atoms with Crippen molar-refractivity contribution in [3.63, 3.8) is 0 Å². The SMILES string of the molecule is Cc1cc(Nc2nc(Cl)nc(Nc3ccc(S(=O)(=O)[O-])cc3)n2)ccc1N=Nc1cc(S(=O)(=O)[O-])c2cccc(S(=O)(=O)[O-])c2c1.[Na+].[Na+].[Na+]. The largest absolute Gasteiger partial charge is 1.00 e. The Morgan fingerprint density at radius 2 is 1.20 bits per heavy atom. The van der Waals surface area contributed by atoms with Crippen molar-refractivity contribution in [1.29, 1.82) is 0 Å². The van der Waals surface area contributed by atoms with E-state index in [9.17, 15) is 38.9 Å². The van der Waals surface area contributed by atoms with Gasteiger partial charge in [-0.25, -0.2) is 25.3 Å². The van der Waals surface area contributed by atoms with E-state index in [0.29, 0.717) is 22.6 Å². The van der Waals surface area contributed by atoms with Crippen molar-refractivity contribution in [1.82, 2.24) is 15.0 Å². The minimum Gasteiger partial charge on any atom is -0.744 e. The van der Waals surface area contributed by atoms with Crippen LogP contribution in [0.15, 0.2) is 97.7 Å². The molecule has 0 atom stereocenters. The van der Waals surface area contributed by atoms with Gasteiger partial charge in [-0.15, -0.1) is 0 Å². The summed E-state index contributed by atoms with van der Waals surface area (Å²) < 4.78 is 105. The summed E-state index contributed by atoms with van der Waals surface area (Å²) in [5.74, 6) is 0.0341. The first-order valence-electron chi connectivity index (χ1n) is 12.5. The molecule has 0 aliphatic rings. The maximum Gasteiger partial charge on any atom is 1.00 e. The molecule has 5 aromatic rings. The number of fused-ring (bicyclic) bond motifs is 1. The van der Waals surface area contributed by atoms with Gasteiger partial charge >= 0.3 is 88.7 Å². The molecule has 16 nitrogen and oxygen atoms in total. The van der Waals surface area contributed by atoms with E-state index in [0.717, 1.165) is 36.4 Å². The molecule has 0 amide bonds. The van der Waals surface area contributed by atoms with Crippen LogP contribution in [0.25, 0.3) is 10.8 Å². The van der Waals surface area contributed by atoms with Gasteiger partial charge < -0.3 is 24.3 Å². The third-order valence-electron chi connectivity index (χ3n) is 6.17. The summed E-state index contributed by atoms with van der Waals surface area (Å²) in [6.45, 7) is 1.68. The molecule has 0 spiro atoms. The molecule has 0 radical (unpaired) electrons. The maximum absolute atomic E-state index is 11.9. The van der Waals surface area contributed by atoms with Crippen molar-refractivity contribution >= 4 is 87.4 Å². The van der Waals surface area contributed by atoms with E-state index < -0.39 is 45.0 Å². The van der Waals surface area contributed by atoms with Gasteiger partial charge in [-0.2, -0.15) is 25.2 Å². The Hall–Kier alpha value is -1.63. The zero-order chi connectivity index (χ0) is 33.4. The van der Waals surface area contributed by atoms with Gasteiger partial charge in [-0.05, 0) is 84.8 Å². The number of aryl methyl sites for hydroxylation is 1. The maximum atomic E-state index is 11.9. The van der Waals surface area contributed by atoms with Crippen LogP contribution in [0, 0.1) is 6.92 Å². The molecule has 0 unspecified atom stereocenters. The predicted molar refractivity (Wildman–Crippen MR) is 161 cm³/mol. The molecule has 0 bridgehead atoms. The van der Waals surface area contributed by atoms with Crippen LogP contribution < -0.4 is 99.3 Å². The summed E-state index contributed by atoms with van der Waals surface area (Å²) >= 11 is 6.04. The fourth-order valence-electron chi connectivity index (χ4n) is 4.17. The van der Waals surface area contributed by atoms with E-state index in [2.05, 4.69) is 35.8 Å². The smallest absolute Gasteiger partial charge is 0.744 e. The molecule has 1 heterocycles. The Bertz CT molecular complexity index is 2390. The molecule has 0 fully saturated rings. The van der Waals surface area contributed by atoms with Gasteiger partial charge in [0.15, 0.2) is 0 Å². The third-order valence-corrected chi connectivity index (χ3v) is 8.96. The third kappa shape index (κ3) is 11.2. The van der Waals surface area contributed by atoms with Crippen molar-refractivity contribution in [2.75, 3.05) is 10.6 Å². The number of rotatable bonds is 9. The zero-order valence-electron chi connectivity index (χ0n) is 25.9. The van der Waals surface area contributed by atoms with E-state index in [1.165, 1.54) is 24.3 Å². The van der Waals surface area contributed by atoms with Crippen LogP contribution in [0.5, 0.6) is 0 Å². The second-order valence-corrected chi connectivity index (χ2v) is 13.8. The number of azo groups is 1. The van der Waals surface area contributed by atoms with Crippen LogP contribution in [0.2, 0.25) is 5.28 Å². The summed E-state index contributed by atoms with van der Waals surface area (Å²) in [4.78, 5) is 10.3. The standard InChI is InChI=1S/C26H20ClN7O9S3.3Na/c1-14-11-16(29-26-31-24(27)30-25(32-26)28-15-5-8-18(9-6-15)44(35,36)37)7-10-21(14)34-33-17-12-20-19(23(13-17)46(41,42)43)3-2-4-22(20)45(38,39)40;;;/h2-13H,1H3,(H,35,36,37)(H,38,39,40)(H,41,42,43)(H2,28,29,30,31,32);;;/q;3*+1/p-3. The molecule has 0 aliphatic heterocycles. The Labute approximate surface area is 351 Å². The molecular formula is C26H17ClN7Na3O9S3. The number of nitrogens with one attached hydrogen (secondary N) is 2. The number of hydrogen-bond donors (Lipinski definition) is 2. The molecule has 0 saturated carbocycles. The molecule has 2 N–H and O–H groups in total. The average molecular weight is 772 g/mol. The molecule has 5 rings (SSSR count). The first-order chi connectivity index (χ1) is 21.5. The summed E-state index contributed by atoms with van der Waals surface area (Å²) in [5.41, 5.74) is 1.51. The average Bonchev–Trinajstić information content (AvgIpc) is 2.94. The minimum atomic E-state index is -5.09. The van der Waals surface area contributed by atoms with Crippen LogP contribution in [0.4, 0.5) is 34.6 Å². The van der Waals surface area contributed by atoms with Crippen LogP contribution in [0.3, 0.4) is 0 Å². The fourth-order valence-corrected chi connectivity index (χ4v) is 6.20. The van der Waals surface area contributed by atoms with E-state index >= 15 is 0 Å². The van der Waals surface area contributed by atoms with Crippen LogP contribution >= 0.6 is 11.6 Å². The van der Waals surface area contributed by atoms with E-state index in [1.807, 2.05) is 0 Å². The number of nitrogens with zero attached hydrogens (tertiary/aromatic N) is 5. The predicted octanol–water partition coefficient (Wildman–Crippen LogP) is -4.39. The number of hydrogen-bond acceptors (Lipinski definition) is 16. The number of aromatic nitrogens is 3. The van der Waals surface area contributed by atoms with Crippen LogP contribution in [-0.4, -0.2) is 53.9 Å². The van der Waals surface area contributed by atoms with Gasteiger partial charge in [0.2, 0.25) is 17.2 Å². The number of benzene rings is 4. The van der Waals surface area contributed by atoms with E-state index in [-0.39, 0.29) is 122 Å². The first-order valence-corrected chi connectivity index (χ1v) is 17.1. The Morgan fingerprint density at radius 1 is 0.633 bits per heavy atom. The Balaban J connectivity index is 0.00000278. The van der Waals surface area contributed by atoms with Crippen molar-refractivity contribution < 1.29 is 128 Å². The number of halogens is 1. The Kier molecular flexibility index (Phi) is 15.3. The summed E-state index contributed by atoms with van der Waals surface area (Å²) in [6, 6.07) is 15.1. The summed E-state index contributed by atoms with van der Waals surface area (Å²) in [6.07, 6.45) is 0. The molecule has 4 aromatic carbocycles. The van der Waals surface area contributed by atoms with Crippen molar-refractivity contribution in [3.8, 4) is 0 Å². The zero-order valence-corrected chi connectivity index (χ0v) is 35.1. The second kappa shape index (κ2) is 17.3. The van der Waals surface area contributed by atoms with Gasteiger partial charge in [-0.3, -0.25) is 0 Å². The van der Waals surface area contributed by atoms with Crippen molar-refractivity contribution in [2.45, 2.75) is 21.6 Å². The van der Waals surface area contributed by atoms with E-state index in [4.69, 9.17) is 11.6 Å². The van der Waals surface area contributed by atoms with E-state index in [1.54, 1.807) is 19.1 Å². The second-order valence-electron chi connectivity index (χ2n) is 9.38. The molecule has 238 valence electrons. The molecule has 49 heavy (non-hydrogen) atoms. The summed E-state index contributed by atoms with van der Waals surface area (Å²) in [7, 11) is -14.7. The molecule has 1 aromatic heterocycles. The van der Waals surface area contributed by atoms with Crippen molar-refractivity contribution in [2.24, 2.45) is 10.2 Å². The minimum absolute atomic E-state index is 0.